The monoisotopic (exact) mass is 417 g/mol. The zero-order chi connectivity index (χ0) is 21.3. The summed E-state index contributed by atoms with van der Waals surface area (Å²) in [5.41, 5.74) is 4.80. The van der Waals surface area contributed by atoms with Crippen molar-refractivity contribution in [1.29, 1.82) is 0 Å². The minimum absolute atomic E-state index is 0.0685. The fourth-order valence-electron chi connectivity index (χ4n) is 2.74. The summed E-state index contributed by atoms with van der Waals surface area (Å²) in [7, 11) is 0. The highest BCUT2D eigenvalue weighted by molar-refractivity contribution is 5.98. The lowest BCUT2D eigenvalue weighted by Crippen LogP contribution is -2.43. The van der Waals surface area contributed by atoms with Crippen molar-refractivity contribution < 1.29 is 33.0 Å². The Bertz CT molecular complexity index is 877. The van der Waals surface area contributed by atoms with E-state index in [2.05, 4.69) is 10.9 Å². The summed E-state index contributed by atoms with van der Waals surface area (Å²) < 4.78 is 21.3. The number of carbonyl (C=O) groups is 3. The Hall–Kier alpha value is -3.53. The summed E-state index contributed by atoms with van der Waals surface area (Å²) in [6.07, 6.45) is 1.35. The van der Waals surface area contributed by atoms with Crippen LogP contribution in [-0.2, 0) is 9.53 Å². The van der Waals surface area contributed by atoms with E-state index < -0.39 is 11.8 Å². The molecule has 1 fully saturated rings. The topological polar surface area (TPSA) is 119 Å². The first kappa shape index (κ1) is 21.2. The van der Waals surface area contributed by atoms with Crippen molar-refractivity contribution >= 4 is 17.7 Å². The fourth-order valence-corrected chi connectivity index (χ4v) is 2.74. The summed E-state index contributed by atoms with van der Waals surface area (Å²) in [4.78, 5) is 38.1. The molecule has 160 valence electrons. The number of hydrogen-bond acceptors (Lipinski definition) is 7. The molecule has 3 amide bonds. The van der Waals surface area contributed by atoms with Gasteiger partial charge in [0.2, 0.25) is 0 Å². The van der Waals surface area contributed by atoms with E-state index in [1.165, 1.54) is 24.5 Å². The molecule has 30 heavy (non-hydrogen) atoms. The number of carbonyl (C=O) groups excluding carboxylic acids is 3. The van der Waals surface area contributed by atoms with Gasteiger partial charge in [0.1, 0.15) is 0 Å². The third kappa shape index (κ3) is 5.51. The third-order valence-corrected chi connectivity index (χ3v) is 4.26. The van der Waals surface area contributed by atoms with E-state index in [-0.39, 0.29) is 23.8 Å². The van der Waals surface area contributed by atoms with Crippen LogP contribution in [0.2, 0.25) is 0 Å². The van der Waals surface area contributed by atoms with Gasteiger partial charge in [-0.2, -0.15) is 0 Å². The maximum Gasteiger partial charge on any atom is 0.305 e. The molecule has 1 aromatic heterocycles. The second-order valence-corrected chi connectivity index (χ2v) is 6.26. The molecule has 2 aromatic rings. The third-order valence-electron chi connectivity index (χ3n) is 4.26. The predicted molar refractivity (Wildman–Crippen MR) is 104 cm³/mol. The molecule has 1 saturated heterocycles. The number of benzene rings is 1. The van der Waals surface area contributed by atoms with Crippen molar-refractivity contribution in [2.24, 2.45) is 0 Å². The standard InChI is InChI=1S/C20H23N3O7/c1-2-28-17-12-14(19(25)21-22-20(26)16-4-3-9-29-16)5-6-15(17)30-13-18(24)23-7-10-27-11-8-23/h3-6,9,12H,2,7-8,10-11,13H2,1H3,(H,21,25)(H,22,26). The van der Waals surface area contributed by atoms with Gasteiger partial charge in [0.05, 0.1) is 26.1 Å². The quantitative estimate of drug-likeness (QED) is 0.645. The molecule has 0 unspecified atom stereocenters. The largest absolute Gasteiger partial charge is 0.490 e. The van der Waals surface area contributed by atoms with Crippen molar-refractivity contribution in [2.75, 3.05) is 39.5 Å². The van der Waals surface area contributed by atoms with Crippen LogP contribution in [0.3, 0.4) is 0 Å². The fraction of sp³-hybridized carbons (Fsp3) is 0.350. The van der Waals surface area contributed by atoms with Crippen molar-refractivity contribution in [3.63, 3.8) is 0 Å². The smallest absolute Gasteiger partial charge is 0.305 e. The summed E-state index contributed by atoms with van der Waals surface area (Å²) >= 11 is 0. The van der Waals surface area contributed by atoms with Crippen molar-refractivity contribution in [1.82, 2.24) is 15.8 Å². The molecule has 10 heteroatoms. The van der Waals surface area contributed by atoms with Gasteiger partial charge in [-0.15, -0.1) is 0 Å². The number of amides is 3. The molecule has 0 bridgehead atoms. The zero-order valence-corrected chi connectivity index (χ0v) is 16.5. The van der Waals surface area contributed by atoms with Crippen LogP contribution in [0.1, 0.15) is 27.8 Å². The van der Waals surface area contributed by atoms with Gasteiger partial charge in [0.15, 0.2) is 23.9 Å². The summed E-state index contributed by atoms with van der Waals surface area (Å²) in [6.45, 7) is 4.07. The first-order valence-electron chi connectivity index (χ1n) is 9.48. The molecule has 1 aliphatic heterocycles. The number of nitrogens with one attached hydrogen (secondary N) is 2. The van der Waals surface area contributed by atoms with Crippen LogP contribution in [0, 0.1) is 0 Å². The molecule has 1 aromatic carbocycles. The molecule has 0 aliphatic carbocycles. The average molecular weight is 417 g/mol. The number of furan rings is 1. The van der Waals surface area contributed by atoms with Crippen molar-refractivity contribution in [2.45, 2.75) is 6.92 Å². The van der Waals surface area contributed by atoms with E-state index in [0.717, 1.165) is 0 Å². The van der Waals surface area contributed by atoms with E-state index >= 15 is 0 Å². The Labute approximate surface area is 173 Å². The zero-order valence-electron chi connectivity index (χ0n) is 16.5. The van der Waals surface area contributed by atoms with E-state index in [0.29, 0.717) is 44.4 Å². The highest BCUT2D eigenvalue weighted by Crippen LogP contribution is 2.28. The Morgan fingerprint density at radius 2 is 1.80 bits per heavy atom. The molecule has 3 rings (SSSR count). The Morgan fingerprint density at radius 3 is 2.50 bits per heavy atom. The second-order valence-electron chi connectivity index (χ2n) is 6.26. The van der Waals surface area contributed by atoms with Gasteiger partial charge >= 0.3 is 5.91 Å². The summed E-state index contributed by atoms with van der Waals surface area (Å²) in [6, 6.07) is 7.56. The number of rotatable bonds is 7. The summed E-state index contributed by atoms with van der Waals surface area (Å²) in [5.74, 6) is -0.555. The van der Waals surface area contributed by atoms with E-state index in [4.69, 9.17) is 18.6 Å². The van der Waals surface area contributed by atoms with Gasteiger partial charge in [-0.05, 0) is 37.3 Å². The van der Waals surface area contributed by atoms with Crippen LogP contribution in [0.25, 0.3) is 0 Å². The highest BCUT2D eigenvalue weighted by Gasteiger charge is 2.19. The molecule has 0 spiro atoms. The Kier molecular flexibility index (Phi) is 7.28. The number of hydrogen-bond donors (Lipinski definition) is 2. The number of ether oxygens (including phenoxy) is 3. The van der Waals surface area contributed by atoms with Crippen molar-refractivity contribution in [3.05, 3.63) is 47.9 Å². The number of nitrogens with zero attached hydrogens (tertiary/aromatic N) is 1. The minimum atomic E-state index is -0.583. The molecule has 2 heterocycles. The SMILES string of the molecule is CCOc1cc(C(=O)NNC(=O)c2ccco2)ccc1OCC(=O)N1CCOCC1. The van der Waals surface area contributed by atoms with E-state index in [1.54, 1.807) is 24.0 Å². The molecular formula is C20H23N3O7. The van der Waals surface area contributed by atoms with Gasteiger partial charge < -0.3 is 23.5 Å². The maximum atomic E-state index is 12.3. The summed E-state index contributed by atoms with van der Waals surface area (Å²) in [5, 5.41) is 0. The van der Waals surface area contributed by atoms with E-state index in [9.17, 15) is 14.4 Å². The molecule has 0 radical (unpaired) electrons. The molecule has 0 atom stereocenters. The molecule has 2 N–H and O–H groups in total. The minimum Gasteiger partial charge on any atom is -0.490 e. The first-order valence-corrected chi connectivity index (χ1v) is 9.48. The lowest BCUT2D eigenvalue weighted by Gasteiger charge is -2.26. The number of hydrazine groups is 1. The first-order chi connectivity index (χ1) is 14.6. The van der Waals surface area contributed by atoms with Gasteiger partial charge in [-0.25, -0.2) is 0 Å². The van der Waals surface area contributed by atoms with Crippen LogP contribution in [0.4, 0.5) is 0 Å². The molecule has 0 saturated carbocycles. The van der Waals surface area contributed by atoms with E-state index in [1.807, 2.05) is 0 Å². The number of morpholine rings is 1. The second kappa shape index (κ2) is 10.3. The normalized spacial score (nSPS) is 13.4. The van der Waals surface area contributed by atoms with Gasteiger partial charge in [0.25, 0.3) is 11.8 Å². The lowest BCUT2D eigenvalue weighted by molar-refractivity contribution is -0.137. The van der Waals surface area contributed by atoms with Crippen LogP contribution in [0.5, 0.6) is 11.5 Å². The lowest BCUT2D eigenvalue weighted by atomic mass is 10.2. The molecule has 1 aliphatic rings. The highest BCUT2D eigenvalue weighted by atomic mass is 16.5. The molecular weight excluding hydrogens is 394 g/mol. The average Bonchev–Trinajstić information content (AvgIpc) is 3.32. The van der Waals surface area contributed by atoms with Crippen LogP contribution >= 0.6 is 0 Å². The van der Waals surface area contributed by atoms with Gasteiger partial charge in [-0.1, -0.05) is 0 Å². The Morgan fingerprint density at radius 1 is 1.03 bits per heavy atom. The van der Waals surface area contributed by atoms with Crippen LogP contribution in [-0.4, -0.2) is 62.1 Å². The maximum absolute atomic E-state index is 12.3. The Balaban J connectivity index is 1.59. The van der Waals surface area contributed by atoms with Gasteiger partial charge in [0, 0.05) is 18.7 Å². The van der Waals surface area contributed by atoms with Crippen molar-refractivity contribution in [3.8, 4) is 11.5 Å². The van der Waals surface area contributed by atoms with Gasteiger partial charge in [-0.3, -0.25) is 25.2 Å². The van der Waals surface area contributed by atoms with Crippen LogP contribution in [0.15, 0.2) is 41.0 Å². The molecule has 10 nitrogen and oxygen atoms in total. The predicted octanol–water partition coefficient (Wildman–Crippen LogP) is 0.991. The van der Waals surface area contributed by atoms with Crippen LogP contribution < -0.4 is 20.3 Å².